The van der Waals surface area contributed by atoms with Crippen molar-refractivity contribution >= 4 is 23.6 Å². The van der Waals surface area contributed by atoms with Crippen molar-refractivity contribution in [3.8, 4) is 0 Å². The number of fused-ring (bicyclic) bond motifs is 1. The van der Waals surface area contributed by atoms with Crippen LogP contribution in [0.2, 0.25) is 5.02 Å². The maximum absolute atomic E-state index is 12.3. The van der Waals surface area contributed by atoms with Gasteiger partial charge < -0.3 is 5.32 Å². The molecule has 0 heterocycles. The summed E-state index contributed by atoms with van der Waals surface area (Å²) >= 11 is 6.12. The van der Waals surface area contributed by atoms with Crippen molar-refractivity contribution in [3.63, 3.8) is 0 Å². The zero-order chi connectivity index (χ0) is 17.6. The normalized spacial score (nSPS) is 15.0. The zero-order valence-electron chi connectivity index (χ0n) is 14.6. The molecule has 0 unspecified atom stereocenters. The maximum Gasteiger partial charge on any atom is 0.244 e. The smallest absolute Gasteiger partial charge is 0.244 e. The molecule has 130 valence electrons. The van der Waals surface area contributed by atoms with E-state index >= 15 is 0 Å². The third-order valence-electron chi connectivity index (χ3n) is 4.82. The summed E-state index contributed by atoms with van der Waals surface area (Å²) in [4.78, 5) is 12.3. The molecule has 2 nitrogen and oxygen atoms in total. The molecule has 1 N–H and O–H groups in total. The summed E-state index contributed by atoms with van der Waals surface area (Å²) in [6.45, 7) is 2.10. The fraction of sp³-hybridized carbons (Fsp3) is 0.318. The maximum atomic E-state index is 12.3. The third-order valence-corrected chi connectivity index (χ3v) is 5.16. The van der Waals surface area contributed by atoms with Crippen LogP contribution in [-0.4, -0.2) is 5.91 Å². The van der Waals surface area contributed by atoms with Crippen molar-refractivity contribution in [2.45, 2.75) is 45.1 Å². The lowest BCUT2D eigenvalue weighted by molar-refractivity contribution is -0.117. The van der Waals surface area contributed by atoms with Gasteiger partial charge in [0.2, 0.25) is 5.91 Å². The lowest BCUT2D eigenvalue weighted by Gasteiger charge is -2.21. The fourth-order valence-electron chi connectivity index (χ4n) is 3.39. The van der Waals surface area contributed by atoms with Crippen LogP contribution in [0.3, 0.4) is 0 Å². The second-order valence-electron chi connectivity index (χ2n) is 6.56. The van der Waals surface area contributed by atoms with E-state index in [1.54, 1.807) is 12.2 Å². The number of benzene rings is 2. The Kier molecular flexibility index (Phi) is 5.93. The van der Waals surface area contributed by atoms with Crippen LogP contribution in [0.1, 0.15) is 54.5 Å². The average Bonchev–Trinajstić information content (AvgIpc) is 2.65. The Bertz CT molecular complexity index is 781. The molecule has 1 amide bonds. The second kappa shape index (κ2) is 8.35. The van der Waals surface area contributed by atoms with E-state index in [0.29, 0.717) is 5.02 Å². The minimum atomic E-state index is -0.0931. The van der Waals surface area contributed by atoms with Crippen molar-refractivity contribution in [1.29, 1.82) is 0 Å². The molecule has 1 atom stereocenters. The number of nitrogens with one attached hydrogen (secondary N) is 1. The monoisotopic (exact) mass is 353 g/mol. The number of carbonyl (C=O) groups excluding carboxylic acids is 1. The van der Waals surface area contributed by atoms with Gasteiger partial charge in [0.05, 0.1) is 6.04 Å². The summed E-state index contributed by atoms with van der Waals surface area (Å²) in [5.74, 6) is -0.0931. The summed E-state index contributed by atoms with van der Waals surface area (Å²) in [5, 5.41) is 3.76. The molecule has 1 aliphatic rings. The number of halogens is 1. The summed E-state index contributed by atoms with van der Waals surface area (Å²) in [6, 6.07) is 14.2. The Morgan fingerprint density at radius 2 is 1.92 bits per heavy atom. The second-order valence-corrected chi connectivity index (χ2v) is 6.97. The molecule has 0 aliphatic heterocycles. The molecule has 2 aromatic rings. The molecule has 1 aliphatic carbocycles. The number of carbonyl (C=O) groups is 1. The molecule has 0 aromatic heterocycles. The van der Waals surface area contributed by atoms with E-state index in [1.807, 2.05) is 24.3 Å². The molecule has 0 saturated carbocycles. The molecule has 3 rings (SSSR count). The van der Waals surface area contributed by atoms with Crippen LogP contribution >= 0.6 is 11.6 Å². The summed E-state index contributed by atoms with van der Waals surface area (Å²) < 4.78 is 0. The van der Waals surface area contributed by atoms with Crippen molar-refractivity contribution in [3.05, 3.63) is 75.8 Å². The van der Waals surface area contributed by atoms with E-state index < -0.39 is 0 Å². The predicted molar refractivity (Wildman–Crippen MR) is 105 cm³/mol. The topological polar surface area (TPSA) is 29.1 Å². The molecule has 0 radical (unpaired) electrons. The van der Waals surface area contributed by atoms with E-state index in [-0.39, 0.29) is 11.9 Å². The average molecular weight is 354 g/mol. The Labute approximate surface area is 154 Å². The minimum Gasteiger partial charge on any atom is -0.346 e. The van der Waals surface area contributed by atoms with Gasteiger partial charge >= 0.3 is 0 Å². The third kappa shape index (κ3) is 4.52. The fourth-order valence-corrected chi connectivity index (χ4v) is 3.59. The van der Waals surface area contributed by atoms with Gasteiger partial charge in [0.15, 0.2) is 0 Å². The van der Waals surface area contributed by atoms with Gasteiger partial charge in [-0.3, -0.25) is 4.79 Å². The minimum absolute atomic E-state index is 0.0376. The van der Waals surface area contributed by atoms with Gasteiger partial charge in [-0.25, -0.2) is 0 Å². The van der Waals surface area contributed by atoms with Crippen LogP contribution < -0.4 is 5.32 Å². The van der Waals surface area contributed by atoms with Crippen molar-refractivity contribution in [2.24, 2.45) is 0 Å². The van der Waals surface area contributed by atoms with Crippen LogP contribution in [0, 0.1) is 0 Å². The first-order valence-corrected chi connectivity index (χ1v) is 9.40. The number of rotatable bonds is 5. The van der Waals surface area contributed by atoms with Gasteiger partial charge in [-0.15, -0.1) is 0 Å². The highest BCUT2D eigenvalue weighted by Crippen LogP contribution is 2.26. The highest BCUT2D eigenvalue weighted by Gasteiger charge is 2.15. The van der Waals surface area contributed by atoms with E-state index in [4.69, 9.17) is 11.6 Å². The summed E-state index contributed by atoms with van der Waals surface area (Å²) in [6.07, 6.45) is 9.07. The molecular formula is C22H24ClNO. The van der Waals surface area contributed by atoms with Gasteiger partial charge in [0, 0.05) is 11.1 Å². The van der Waals surface area contributed by atoms with Crippen LogP contribution in [0.25, 0.3) is 6.08 Å². The quantitative estimate of drug-likeness (QED) is 0.706. The Morgan fingerprint density at radius 3 is 2.68 bits per heavy atom. The number of aryl methyl sites for hydroxylation is 2. The standard InChI is InChI=1S/C22H24ClNO/c1-2-21(19-12-11-16-7-3-4-9-18(16)15-19)24-22(25)14-13-17-8-5-6-10-20(17)23/h5-6,8,10-15,21H,2-4,7,9H2,1H3,(H,24,25)/b14-13+/t21-/m1/s1. The number of hydrogen-bond acceptors (Lipinski definition) is 1. The molecule has 0 spiro atoms. The Morgan fingerprint density at radius 1 is 1.16 bits per heavy atom. The van der Waals surface area contributed by atoms with E-state index in [0.717, 1.165) is 18.4 Å². The van der Waals surface area contributed by atoms with Crippen LogP contribution in [0.5, 0.6) is 0 Å². The number of amides is 1. The van der Waals surface area contributed by atoms with Gasteiger partial charge in [-0.1, -0.05) is 54.9 Å². The predicted octanol–water partition coefficient (Wildman–Crippen LogP) is 5.50. The Balaban J connectivity index is 1.69. The van der Waals surface area contributed by atoms with Crippen molar-refractivity contribution in [1.82, 2.24) is 5.32 Å². The molecule has 25 heavy (non-hydrogen) atoms. The van der Waals surface area contributed by atoms with Gasteiger partial charge in [-0.2, -0.15) is 0 Å². The van der Waals surface area contributed by atoms with Crippen LogP contribution in [0.15, 0.2) is 48.5 Å². The van der Waals surface area contributed by atoms with Crippen LogP contribution in [0.4, 0.5) is 0 Å². The first-order valence-electron chi connectivity index (χ1n) is 9.02. The molecular weight excluding hydrogens is 330 g/mol. The van der Waals surface area contributed by atoms with Crippen LogP contribution in [-0.2, 0) is 17.6 Å². The zero-order valence-corrected chi connectivity index (χ0v) is 15.4. The van der Waals surface area contributed by atoms with Gasteiger partial charge in [-0.05, 0) is 66.5 Å². The summed E-state index contributed by atoms with van der Waals surface area (Å²) in [5.41, 5.74) is 4.96. The molecule has 3 heteroatoms. The van der Waals surface area contributed by atoms with Crippen molar-refractivity contribution in [2.75, 3.05) is 0 Å². The highest BCUT2D eigenvalue weighted by molar-refractivity contribution is 6.32. The van der Waals surface area contributed by atoms with Gasteiger partial charge in [0.1, 0.15) is 0 Å². The first-order chi connectivity index (χ1) is 12.2. The van der Waals surface area contributed by atoms with Crippen molar-refractivity contribution < 1.29 is 4.79 Å². The lowest BCUT2D eigenvalue weighted by Crippen LogP contribution is -2.26. The first kappa shape index (κ1) is 17.8. The lowest BCUT2D eigenvalue weighted by atomic mass is 9.89. The molecule has 2 aromatic carbocycles. The van der Waals surface area contributed by atoms with E-state index in [2.05, 4.69) is 30.4 Å². The van der Waals surface area contributed by atoms with Gasteiger partial charge in [0.25, 0.3) is 0 Å². The largest absolute Gasteiger partial charge is 0.346 e. The van der Waals surface area contributed by atoms with E-state index in [1.165, 1.54) is 36.0 Å². The SMILES string of the molecule is CC[C@@H](NC(=O)/C=C/c1ccccc1Cl)c1ccc2c(c1)CCCC2. The van der Waals surface area contributed by atoms with E-state index in [9.17, 15) is 4.79 Å². The molecule has 0 bridgehead atoms. The highest BCUT2D eigenvalue weighted by atomic mass is 35.5. The molecule has 0 saturated heterocycles. The molecule has 0 fully saturated rings. The summed E-state index contributed by atoms with van der Waals surface area (Å²) in [7, 11) is 0. The Hall–Kier alpha value is -2.06. The number of hydrogen-bond donors (Lipinski definition) is 1.